The minimum Gasteiger partial charge on any atom is -0.375 e. The molecule has 0 aromatic heterocycles. The molecule has 4 nitrogen and oxygen atoms in total. The van der Waals surface area contributed by atoms with E-state index < -0.39 is 0 Å². The third kappa shape index (κ3) is 3.97. The molecule has 0 radical (unpaired) electrons. The largest absolute Gasteiger partial charge is 0.375 e. The number of ether oxygens (including phenoxy) is 1. The molecule has 0 aromatic carbocycles. The molecule has 0 spiro atoms. The Morgan fingerprint density at radius 2 is 2.20 bits per heavy atom. The van der Waals surface area contributed by atoms with Crippen LogP contribution in [0.25, 0.3) is 0 Å². The van der Waals surface area contributed by atoms with Crippen molar-refractivity contribution in [3.63, 3.8) is 0 Å². The van der Waals surface area contributed by atoms with E-state index in [4.69, 9.17) is 10.5 Å². The Balaban J connectivity index is 0.00000196. The van der Waals surface area contributed by atoms with Gasteiger partial charge in [-0.15, -0.1) is 12.4 Å². The number of hydrogen-bond donors (Lipinski definition) is 1. The molecule has 0 saturated carbocycles. The van der Waals surface area contributed by atoms with Gasteiger partial charge in [-0.25, -0.2) is 0 Å². The summed E-state index contributed by atoms with van der Waals surface area (Å²) in [5, 5.41) is 0. The third-order valence-electron chi connectivity index (χ3n) is 2.80. The average molecular weight is 237 g/mol. The molecule has 2 N–H and O–H groups in total. The molecule has 1 saturated heterocycles. The molecule has 5 heteroatoms. The zero-order valence-corrected chi connectivity index (χ0v) is 10.3. The number of carbonyl (C=O) groups excluding carboxylic acids is 1. The molecule has 1 fully saturated rings. The van der Waals surface area contributed by atoms with Crippen molar-refractivity contribution in [3.05, 3.63) is 0 Å². The Kier molecular flexibility index (Phi) is 6.89. The van der Waals surface area contributed by atoms with Gasteiger partial charge in [0.1, 0.15) is 0 Å². The molecule has 1 aliphatic heterocycles. The first-order valence-corrected chi connectivity index (χ1v) is 5.28. The number of nitrogens with zero attached hydrogens (tertiary/aromatic N) is 1. The summed E-state index contributed by atoms with van der Waals surface area (Å²) >= 11 is 0. The van der Waals surface area contributed by atoms with Gasteiger partial charge in [0.15, 0.2) is 0 Å². The fourth-order valence-electron chi connectivity index (χ4n) is 1.68. The number of nitrogens with two attached hydrogens (primary N) is 1. The van der Waals surface area contributed by atoms with Gasteiger partial charge < -0.3 is 15.4 Å². The van der Waals surface area contributed by atoms with Gasteiger partial charge in [-0.2, -0.15) is 0 Å². The number of halogens is 1. The van der Waals surface area contributed by atoms with Crippen molar-refractivity contribution in [2.45, 2.75) is 38.8 Å². The summed E-state index contributed by atoms with van der Waals surface area (Å²) in [5.74, 6) is 0.207. The van der Waals surface area contributed by atoms with Crippen LogP contribution in [0.1, 0.15) is 26.7 Å². The van der Waals surface area contributed by atoms with Crippen LogP contribution in [0.15, 0.2) is 0 Å². The van der Waals surface area contributed by atoms with Crippen LogP contribution in [0.2, 0.25) is 0 Å². The zero-order chi connectivity index (χ0) is 10.6. The summed E-state index contributed by atoms with van der Waals surface area (Å²) < 4.78 is 5.46. The van der Waals surface area contributed by atoms with E-state index in [-0.39, 0.29) is 30.5 Å². The van der Waals surface area contributed by atoms with Gasteiger partial charge in [0.2, 0.25) is 5.91 Å². The molecule has 0 aliphatic carbocycles. The van der Waals surface area contributed by atoms with Gasteiger partial charge >= 0.3 is 0 Å². The van der Waals surface area contributed by atoms with Crippen molar-refractivity contribution >= 4 is 18.3 Å². The second-order valence-corrected chi connectivity index (χ2v) is 3.80. The number of hydrogen-bond acceptors (Lipinski definition) is 3. The van der Waals surface area contributed by atoms with E-state index in [1.165, 1.54) is 0 Å². The molecule has 1 rings (SSSR count). The second-order valence-electron chi connectivity index (χ2n) is 3.80. The third-order valence-corrected chi connectivity index (χ3v) is 2.80. The first-order valence-electron chi connectivity index (χ1n) is 5.28. The highest BCUT2D eigenvalue weighted by Crippen LogP contribution is 2.14. The van der Waals surface area contributed by atoms with Crippen LogP contribution in [-0.2, 0) is 9.53 Å². The number of carbonyl (C=O) groups is 1. The average Bonchev–Trinajstić information content (AvgIpc) is 2.18. The fourth-order valence-corrected chi connectivity index (χ4v) is 1.68. The normalized spacial score (nSPS) is 25.9. The van der Waals surface area contributed by atoms with Crippen LogP contribution in [0.5, 0.6) is 0 Å². The van der Waals surface area contributed by atoms with Crippen LogP contribution >= 0.6 is 12.4 Å². The maximum Gasteiger partial charge on any atom is 0.223 e. The molecule has 0 bridgehead atoms. The molecule has 15 heavy (non-hydrogen) atoms. The van der Waals surface area contributed by atoms with Crippen molar-refractivity contribution in [1.29, 1.82) is 0 Å². The van der Waals surface area contributed by atoms with E-state index in [1.54, 1.807) is 0 Å². The van der Waals surface area contributed by atoms with Crippen LogP contribution in [0.3, 0.4) is 0 Å². The van der Waals surface area contributed by atoms with Crippen molar-refractivity contribution in [3.8, 4) is 0 Å². The molecule has 0 aromatic rings. The molecular formula is C10H21ClN2O2. The summed E-state index contributed by atoms with van der Waals surface area (Å²) in [6, 6.07) is 0.189. The minimum atomic E-state index is 0. The summed E-state index contributed by atoms with van der Waals surface area (Å²) in [6.07, 6.45) is 1.48. The smallest absolute Gasteiger partial charge is 0.223 e. The summed E-state index contributed by atoms with van der Waals surface area (Å²) in [7, 11) is 0. The van der Waals surface area contributed by atoms with Gasteiger partial charge in [-0.3, -0.25) is 4.79 Å². The minimum absolute atomic E-state index is 0. The zero-order valence-electron chi connectivity index (χ0n) is 9.44. The molecule has 2 atom stereocenters. The van der Waals surface area contributed by atoms with Crippen molar-refractivity contribution < 1.29 is 9.53 Å². The monoisotopic (exact) mass is 236 g/mol. The molecule has 1 heterocycles. The Morgan fingerprint density at radius 3 is 2.80 bits per heavy atom. The summed E-state index contributed by atoms with van der Waals surface area (Å²) in [6.45, 7) is 5.99. The lowest BCUT2D eigenvalue weighted by Crippen LogP contribution is -2.51. The SMILES string of the molecule is CC1OCCN(C(=O)CCCN)C1C.Cl. The van der Waals surface area contributed by atoms with Crippen LogP contribution in [-0.4, -0.2) is 42.6 Å². The van der Waals surface area contributed by atoms with Crippen LogP contribution in [0, 0.1) is 0 Å². The topological polar surface area (TPSA) is 55.6 Å². The van der Waals surface area contributed by atoms with Gasteiger partial charge in [0.25, 0.3) is 0 Å². The van der Waals surface area contributed by atoms with E-state index in [2.05, 4.69) is 0 Å². The maximum atomic E-state index is 11.7. The van der Waals surface area contributed by atoms with Crippen LogP contribution < -0.4 is 5.73 Å². The highest BCUT2D eigenvalue weighted by atomic mass is 35.5. The number of morpholine rings is 1. The second kappa shape index (κ2) is 7.04. The quantitative estimate of drug-likeness (QED) is 0.788. The number of rotatable bonds is 3. The van der Waals surface area contributed by atoms with Crippen molar-refractivity contribution in [2.75, 3.05) is 19.7 Å². The van der Waals surface area contributed by atoms with E-state index in [0.29, 0.717) is 19.6 Å². The molecule has 1 aliphatic rings. The molecule has 2 unspecified atom stereocenters. The highest BCUT2D eigenvalue weighted by Gasteiger charge is 2.28. The molecular weight excluding hydrogens is 216 g/mol. The van der Waals surface area contributed by atoms with Gasteiger partial charge in [0, 0.05) is 13.0 Å². The van der Waals surface area contributed by atoms with Crippen molar-refractivity contribution in [2.24, 2.45) is 5.73 Å². The summed E-state index contributed by atoms with van der Waals surface area (Å²) in [4.78, 5) is 13.6. The summed E-state index contributed by atoms with van der Waals surface area (Å²) in [5.41, 5.74) is 5.37. The molecule has 1 amide bonds. The van der Waals surface area contributed by atoms with E-state index >= 15 is 0 Å². The maximum absolute atomic E-state index is 11.7. The Labute approximate surface area is 97.5 Å². The van der Waals surface area contributed by atoms with E-state index in [0.717, 1.165) is 13.0 Å². The van der Waals surface area contributed by atoms with Gasteiger partial charge in [-0.05, 0) is 26.8 Å². The Morgan fingerprint density at radius 1 is 1.53 bits per heavy atom. The van der Waals surface area contributed by atoms with Gasteiger partial charge in [0.05, 0.1) is 18.8 Å². The fraction of sp³-hybridized carbons (Fsp3) is 0.900. The van der Waals surface area contributed by atoms with Crippen LogP contribution in [0.4, 0.5) is 0 Å². The standard InChI is InChI=1S/C10H20N2O2.ClH/c1-8-9(2)14-7-6-12(8)10(13)4-3-5-11;/h8-9H,3-7,11H2,1-2H3;1H. The first-order chi connectivity index (χ1) is 6.66. The Hall–Kier alpha value is -0.320. The Bertz CT molecular complexity index is 202. The lowest BCUT2D eigenvalue weighted by atomic mass is 10.1. The van der Waals surface area contributed by atoms with Crippen molar-refractivity contribution in [1.82, 2.24) is 4.90 Å². The first kappa shape index (κ1) is 14.7. The van der Waals surface area contributed by atoms with E-state index in [9.17, 15) is 4.79 Å². The number of amides is 1. The van der Waals surface area contributed by atoms with E-state index in [1.807, 2.05) is 18.7 Å². The van der Waals surface area contributed by atoms with Gasteiger partial charge in [-0.1, -0.05) is 0 Å². The predicted octanol–water partition coefficient (Wildman–Crippen LogP) is 0.783. The predicted molar refractivity (Wildman–Crippen MR) is 62.1 cm³/mol. The lowest BCUT2D eigenvalue weighted by Gasteiger charge is -2.37. The highest BCUT2D eigenvalue weighted by molar-refractivity contribution is 5.85. The molecule has 90 valence electrons. The lowest BCUT2D eigenvalue weighted by molar-refractivity contribution is -0.144.